The Bertz CT molecular complexity index is 1060. The molecule has 1 fully saturated rings. The fourth-order valence-electron chi connectivity index (χ4n) is 4.04. The number of unbranched alkanes of at least 4 members (excludes halogenated alkanes) is 2. The molecule has 186 valence electrons. The van der Waals surface area contributed by atoms with Gasteiger partial charge >= 0.3 is 0 Å². The van der Waals surface area contributed by atoms with Gasteiger partial charge in [0.2, 0.25) is 18.1 Å². The number of nitrogens with one attached hydrogen (secondary N) is 2. The van der Waals surface area contributed by atoms with Crippen molar-refractivity contribution in [3.05, 3.63) is 53.6 Å². The van der Waals surface area contributed by atoms with Gasteiger partial charge in [-0.15, -0.1) is 4.99 Å². The first-order valence-corrected chi connectivity index (χ1v) is 11.8. The van der Waals surface area contributed by atoms with Gasteiger partial charge in [0.05, 0.1) is 12.7 Å². The molecule has 1 saturated heterocycles. The number of halogens is 1. The highest BCUT2D eigenvalue weighted by atomic mass is 19.1. The topological polar surface area (TPSA) is 106 Å². The van der Waals surface area contributed by atoms with Crippen LogP contribution < -0.4 is 15.4 Å². The van der Waals surface area contributed by atoms with E-state index in [0.29, 0.717) is 36.6 Å². The second-order valence-electron chi connectivity index (χ2n) is 8.33. The Hall–Kier alpha value is -3.71. The lowest BCUT2D eigenvalue weighted by Gasteiger charge is -2.35. The van der Waals surface area contributed by atoms with E-state index in [-0.39, 0.29) is 11.9 Å². The highest BCUT2D eigenvalue weighted by Crippen LogP contribution is 2.24. The number of nitriles is 1. The fraction of sp³-hybridized carbons (Fsp3) is 0.440. The van der Waals surface area contributed by atoms with Crippen LogP contribution in [0, 0.1) is 24.3 Å². The van der Waals surface area contributed by atoms with Crippen molar-refractivity contribution in [3.63, 3.8) is 0 Å². The van der Waals surface area contributed by atoms with Gasteiger partial charge in [0.15, 0.2) is 0 Å². The third kappa shape index (κ3) is 7.65. The maximum atomic E-state index is 13.2. The van der Waals surface area contributed by atoms with Gasteiger partial charge in [-0.2, -0.15) is 9.65 Å². The number of pyridine rings is 1. The minimum absolute atomic E-state index is 0.0311. The van der Waals surface area contributed by atoms with E-state index in [2.05, 4.69) is 25.5 Å². The van der Waals surface area contributed by atoms with E-state index in [1.165, 1.54) is 12.3 Å². The van der Waals surface area contributed by atoms with E-state index in [9.17, 15) is 9.18 Å². The van der Waals surface area contributed by atoms with Crippen LogP contribution in [0.25, 0.3) is 0 Å². The summed E-state index contributed by atoms with van der Waals surface area (Å²) in [5, 5.41) is 14.8. The summed E-state index contributed by atoms with van der Waals surface area (Å²) in [5.41, 5.74) is 2.05. The van der Waals surface area contributed by atoms with Crippen molar-refractivity contribution >= 4 is 17.6 Å². The number of nitrogens with zero attached hydrogens (tertiary/aromatic N) is 5. The van der Waals surface area contributed by atoms with Gasteiger partial charge in [0, 0.05) is 50.7 Å². The van der Waals surface area contributed by atoms with Crippen molar-refractivity contribution in [1.82, 2.24) is 20.1 Å². The second kappa shape index (κ2) is 13.2. The van der Waals surface area contributed by atoms with Crippen LogP contribution in [-0.2, 0) is 0 Å². The molecule has 0 atom stereocenters. The van der Waals surface area contributed by atoms with Crippen LogP contribution in [0.3, 0.4) is 0 Å². The zero-order valence-corrected chi connectivity index (χ0v) is 20.3. The molecule has 0 unspecified atom stereocenters. The predicted molar refractivity (Wildman–Crippen MR) is 133 cm³/mol. The summed E-state index contributed by atoms with van der Waals surface area (Å²) in [4.78, 5) is 24.5. The van der Waals surface area contributed by atoms with E-state index < -0.39 is 5.95 Å². The van der Waals surface area contributed by atoms with Crippen LogP contribution in [0.1, 0.15) is 35.2 Å². The first kappa shape index (κ1) is 25.9. The van der Waals surface area contributed by atoms with Gasteiger partial charge in [0.1, 0.15) is 5.75 Å². The molecule has 0 saturated carbocycles. The number of ether oxygens (including phenoxy) is 1. The average molecular weight is 482 g/mol. The lowest BCUT2D eigenvalue weighted by atomic mass is 10.1. The highest BCUT2D eigenvalue weighted by Gasteiger charge is 2.25. The number of hydrogen-bond donors (Lipinski definition) is 2. The monoisotopic (exact) mass is 481 g/mol. The van der Waals surface area contributed by atoms with Crippen LogP contribution in [0.2, 0.25) is 0 Å². The number of amides is 1. The number of carbonyl (C=O) groups excluding carboxylic acids is 1. The van der Waals surface area contributed by atoms with Crippen molar-refractivity contribution < 1.29 is 13.9 Å². The molecular formula is C25H32FN7O2. The summed E-state index contributed by atoms with van der Waals surface area (Å²) in [6, 6.07) is 8.50. The number of aliphatic imine (C=N–C) groups is 1. The highest BCUT2D eigenvalue weighted by molar-refractivity contribution is 5.98. The van der Waals surface area contributed by atoms with Crippen LogP contribution in [0.4, 0.5) is 10.1 Å². The molecule has 1 aromatic heterocycles. The van der Waals surface area contributed by atoms with E-state index >= 15 is 0 Å². The minimum atomic E-state index is -0.605. The van der Waals surface area contributed by atoms with Gasteiger partial charge in [-0.1, -0.05) is 18.6 Å². The number of rotatable bonds is 9. The first-order valence-electron chi connectivity index (χ1n) is 11.8. The quantitative estimate of drug-likeness (QED) is 0.186. The number of benzene rings is 1. The molecular weight excluding hydrogens is 449 g/mol. The maximum absolute atomic E-state index is 13.2. The van der Waals surface area contributed by atoms with Crippen LogP contribution in [0.15, 0.2) is 41.5 Å². The van der Waals surface area contributed by atoms with Gasteiger partial charge in [-0.05, 0) is 44.0 Å². The Kier molecular flexibility index (Phi) is 9.80. The number of methoxy groups -OCH3 is 1. The molecule has 0 spiro atoms. The van der Waals surface area contributed by atoms with Crippen molar-refractivity contribution in [1.29, 1.82) is 5.26 Å². The molecule has 3 rings (SSSR count). The van der Waals surface area contributed by atoms with Gasteiger partial charge in [-0.25, -0.2) is 4.98 Å². The van der Waals surface area contributed by atoms with E-state index in [1.807, 2.05) is 30.0 Å². The van der Waals surface area contributed by atoms with Crippen LogP contribution >= 0.6 is 0 Å². The van der Waals surface area contributed by atoms with Crippen molar-refractivity contribution in [2.24, 2.45) is 4.99 Å². The zero-order chi connectivity index (χ0) is 25.0. The summed E-state index contributed by atoms with van der Waals surface area (Å²) in [6.07, 6.45) is 6.04. The summed E-state index contributed by atoms with van der Waals surface area (Å²) >= 11 is 0. The smallest absolute Gasteiger partial charge is 0.257 e. The molecule has 10 heteroatoms. The molecule has 2 heterocycles. The van der Waals surface area contributed by atoms with Gasteiger partial charge in [-0.3, -0.25) is 9.69 Å². The Balaban J connectivity index is 1.34. The third-order valence-corrected chi connectivity index (χ3v) is 5.92. The van der Waals surface area contributed by atoms with Crippen molar-refractivity contribution in [2.75, 3.05) is 51.7 Å². The molecule has 0 aliphatic carbocycles. The largest absolute Gasteiger partial charge is 0.496 e. The normalized spacial score (nSPS) is 14.3. The molecule has 1 aliphatic heterocycles. The van der Waals surface area contributed by atoms with E-state index in [4.69, 9.17) is 10.00 Å². The lowest BCUT2D eigenvalue weighted by Crippen LogP contribution is -2.49. The summed E-state index contributed by atoms with van der Waals surface area (Å²) in [6.45, 7) is 6.66. The SMILES string of the molecule is COc1cccc(C)c1C(=O)N1CCN(CCCCCN/C(=N/C#N)Nc2ccnc(F)c2)CC1. The lowest BCUT2D eigenvalue weighted by molar-refractivity contribution is 0.0631. The molecule has 1 aromatic carbocycles. The Labute approximate surface area is 205 Å². The fourth-order valence-corrected chi connectivity index (χ4v) is 4.04. The van der Waals surface area contributed by atoms with Gasteiger partial charge in [0.25, 0.3) is 5.91 Å². The summed E-state index contributed by atoms with van der Waals surface area (Å²) in [7, 11) is 1.59. The number of guanidine groups is 1. The molecule has 2 aromatic rings. The van der Waals surface area contributed by atoms with E-state index in [1.54, 1.807) is 19.4 Å². The van der Waals surface area contributed by atoms with Crippen LogP contribution in [0.5, 0.6) is 5.75 Å². The number of piperazine rings is 1. The summed E-state index contributed by atoms with van der Waals surface area (Å²) < 4.78 is 18.6. The minimum Gasteiger partial charge on any atom is -0.496 e. The number of carbonyl (C=O) groups is 1. The Morgan fingerprint density at radius 2 is 2.03 bits per heavy atom. The predicted octanol–water partition coefficient (Wildman–Crippen LogP) is 3.00. The first-order chi connectivity index (χ1) is 17.0. The second-order valence-corrected chi connectivity index (χ2v) is 8.33. The van der Waals surface area contributed by atoms with Crippen molar-refractivity contribution in [3.8, 4) is 11.9 Å². The number of hydrogen-bond acceptors (Lipinski definition) is 6. The van der Waals surface area contributed by atoms with Gasteiger partial charge < -0.3 is 20.3 Å². The Morgan fingerprint density at radius 3 is 2.74 bits per heavy atom. The maximum Gasteiger partial charge on any atom is 0.257 e. The summed E-state index contributed by atoms with van der Waals surface area (Å²) in [5.74, 6) is 0.330. The molecule has 9 nitrogen and oxygen atoms in total. The molecule has 0 bridgehead atoms. The molecule has 1 amide bonds. The zero-order valence-electron chi connectivity index (χ0n) is 20.3. The number of aryl methyl sites for hydroxylation is 1. The number of aromatic nitrogens is 1. The van der Waals surface area contributed by atoms with E-state index in [0.717, 1.165) is 44.5 Å². The van der Waals surface area contributed by atoms with Crippen LogP contribution in [-0.4, -0.2) is 73.0 Å². The molecule has 2 N–H and O–H groups in total. The number of anilines is 1. The third-order valence-electron chi connectivity index (χ3n) is 5.92. The standard InChI is InChI=1S/C25H32FN7O2/c1-19-7-6-8-21(35-2)23(19)24(34)33-15-13-32(14-16-33)12-5-3-4-10-29-25(30-18-27)31-20-9-11-28-22(26)17-20/h6-9,11,17H,3-5,10,12-16H2,1-2H3,(H2,28,29,30,31). The molecule has 1 aliphatic rings. The molecule has 0 radical (unpaired) electrons. The van der Waals surface area contributed by atoms with Crippen molar-refractivity contribution in [2.45, 2.75) is 26.2 Å². The average Bonchev–Trinajstić information content (AvgIpc) is 2.86. The Morgan fingerprint density at radius 1 is 1.23 bits per heavy atom. The molecule has 35 heavy (non-hydrogen) atoms.